The zero-order valence-corrected chi connectivity index (χ0v) is 18.1. The molecule has 31 heavy (non-hydrogen) atoms. The van der Waals surface area contributed by atoms with E-state index in [1.165, 1.54) is 0 Å². The smallest absolute Gasteiger partial charge is 0.271 e. The van der Waals surface area contributed by atoms with Crippen LogP contribution in [0.1, 0.15) is 55.6 Å². The molecule has 1 fully saturated rings. The maximum Gasteiger partial charge on any atom is 0.271 e. The first-order valence-corrected chi connectivity index (χ1v) is 11.2. The average molecular weight is 420 g/mol. The van der Waals surface area contributed by atoms with Gasteiger partial charge in [0, 0.05) is 24.7 Å². The van der Waals surface area contributed by atoms with Crippen molar-refractivity contribution in [1.82, 2.24) is 14.8 Å². The molecule has 2 aliphatic rings. The number of fused-ring (bicyclic) bond motifs is 3. The molecular formula is C25H29N3O3. The molecule has 3 aromatic rings. The first-order valence-electron chi connectivity index (χ1n) is 11.2. The standard InChI is InChI=1S/C25H29N3O3/c1-17-8-10-19(11-9-17)26-24(30)25(2)16-27-20-12-13-31-22(20)14-21(27)23(29)28(25)15-18-6-4-3-5-7-18/h3-7,12-14,17,19H,8-11,15-16H2,1-2H3,(H,26,30). The second kappa shape index (κ2) is 7.59. The van der Waals surface area contributed by atoms with Crippen LogP contribution in [0.4, 0.5) is 0 Å². The summed E-state index contributed by atoms with van der Waals surface area (Å²) in [7, 11) is 0. The third-order valence-electron chi connectivity index (χ3n) is 7.07. The number of hydrogen-bond acceptors (Lipinski definition) is 3. The second-order valence-electron chi connectivity index (χ2n) is 9.37. The van der Waals surface area contributed by atoms with E-state index in [1.54, 1.807) is 17.2 Å². The Kier molecular flexibility index (Phi) is 4.88. The van der Waals surface area contributed by atoms with Crippen molar-refractivity contribution in [3.63, 3.8) is 0 Å². The molecule has 3 heterocycles. The minimum absolute atomic E-state index is 0.0765. The Morgan fingerprint density at radius 1 is 1.16 bits per heavy atom. The minimum atomic E-state index is -0.994. The Morgan fingerprint density at radius 2 is 1.90 bits per heavy atom. The molecule has 6 heteroatoms. The lowest BCUT2D eigenvalue weighted by atomic mass is 9.86. The summed E-state index contributed by atoms with van der Waals surface area (Å²) in [6.07, 6.45) is 5.88. The molecule has 0 bridgehead atoms. The molecule has 1 atom stereocenters. The van der Waals surface area contributed by atoms with Crippen molar-refractivity contribution in [2.75, 3.05) is 0 Å². The summed E-state index contributed by atoms with van der Waals surface area (Å²) in [6.45, 7) is 4.95. The Hall–Kier alpha value is -3.02. The van der Waals surface area contributed by atoms with E-state index >= 15 is 0 Å². The largest absolute Gasteiger partial charge is 0.463 e. The number of hydrogen-bond donors (Lipinski definition) is 1. The van der Waals surface area contributed by atoms with E-state index in [0.717, 1.165) is 36.8 Å². The van der Waals surface area contributed by atoms with Crippen LogP contribution in [0.5, 0.6) is 0 Å². The molecule has 1 aliphatic carbocycles. The number of amides is 2. The molecule has 0 radical (unpaired) electrons. The minimum Gasteiger partial charge on any atom is -0.463 e. The van der Waals surface area contributed by atoms with Gasteiger partial charge in [-0.1, -0.05) is 37.3 Å². The van der Waals surface area contributed by atoms with E-state index in [0.29, 0.717) is 30.3 Å². The Morgan fingerprint density at radius 3 is 2.65 bits per heavy atom. The molecule has 0 saturated heterocycles. The Labute approximate surface area is 182 Å². The predicted octanol–water partition coefficient (Wildman–Crippen LogP) is 4.34. The van der Waals surface area contributed by atoms with Crippen molar-refractivity contribution in [2.45, 2.75) is 64.2 Å². The van der Waals surface area contributed by atoms with Crippen molar-refractivity contribution >= 4 is 22.9 Å². The molecule has 0 spiro atoms. The van der Waals surface area contributed by atoms with Gasteiger partial charge in [-0.3, -0.25) is 9.59 Å². The van der Waals surface area contributed by atoms with Crippen molar-refractivity contribution in [3.8, 4) is 0 Å². The van der Waals surface area contributed by atoms with Crippen molar-refractivity contribution < 1.29 is 14.0 Å². The summed E-state index contributed by atoms with van der Waals surface area (Å²) in [4.78, 5) is 29.0. The van der Waals surface area contributed by atoms with Gasteiger partial charge in [-0.25, -0.2) is 0 Å². The Bertz CT molecular complexity index is 1110. The number of carbonyl (C=O) groups is 2. The fraction of sp³-hybridized carbons (Fsp3) is 0.440. The fourth-order valence-electron chi connectivity index (χ4n) is 5.03. The van der Waals surface area contributed by atoms with Crippen LogP contribution >= 0.6 is 0 Å². The van der Waals surface area contributed by atoms with Gasteiger partial charge in [0.2, 0.25) is 5.91 Å². The lowest BCUT2D eigenvalue weighted by molar-refractivity contribution is -0.134. The molecule has 1 aliphatic heterocycles. The van der Waals surface area contributed by atoms with Crippen LogP contribution < -0.4 is 5.32 Å². The fourth-order valence-corrected chi connectivity index (χ4v) is 5.03. The summed E-state index contributed by atoms with van der Waals surface area (Å²) >= 11 is 0. The molecule has 1 aromatic carbocycles. The maximum absolute atomic E-state index is 13.7. The van der Waals surface area contributed by atoms with Gasteiger partial charge in [-0.2, -0.15) is 0 Å². The molecule has 2 aromatic heterocycles. The van der Waals surface area contributed by atoms with Crippen LogP contribution in [-0.2, 0) is 17.9 Å². The monoisotopic (exact) mass is 419 g/mol. The first-order chi connectivity index (χ1) is 15.0. The maximum atomic E-state index is 13.7. The number of nitrogens with zero attached hydrogens (tertiary/aromatic N) is 2. The number of furan rings is 1. The lowest BCUT2D eigenvalue weighted by Gasteiger charge is -2.45. The number of rotatable bonds is 4. The highest BCUT2D eigenvalue weighted by Crippen LogP contribution is 2.34. The van der Waals surface area contributed by atoms with Crippen LogP contribution in [0.15, 0.2) is 53.1 Å². The highest BCUT2D eigenvalue weighted by atomic mass is 16.3. The zero-order chi connectivity index (χ0) is 21.6. The lowest BCUT2D eigenvalue weighted by Crippen LogP contribution is -2.64. The van der Waals surface area contributed by atoms with Gasteiger partial charge in [0.15, 0.2) is 5.58 Å². The predicted molar refractivity (Wildman–Crippen MR) is 118 cm³/mol. The number of carbonyl (C=O) groups excluding carboxylic acids is 2. The van der Waals surface area contributed by atoms with Crippen LogP contribution in [0.3, 0.4) is 0 Å². The van der Waals surface area contributed by atoms with Crippen LogP contribution in [0.25, 0.3) is 11.1 Å². The van der Waals surface area contributed by atoms with Gasteiger partial charge in [-0.15, -0.1) is 0 Å². The van der Waals surface area contributed by atoms with Crippen molar-refractivity contribution in [2.24, 2.45) is 5.92 Å². The summed E-state index contributed by atoms with van der Waals surface area (Å²) in [5.41, 5.74) is 2.11. The number of aromatic nitrogens is 1. The summed E-state index contributed by atoms with van der Waals surface area (Å²) in [5.74, 6) is 0.495. The van der Waals surface area contributed by atoms with E-state index < -0.39 is 5.54 Å². The van der Waals surface area contributed by atoms with Gasteiger partial charge in [0.25, 0.3) is 5.91 Å². The molecular weight excluding hydrogens is 390 g/mol. The molecule has 5 rings (SSSR count). The van der Waals surface area contributed by atoms with Crippen LogP contribution in [-0.4, -0.2) is 32.9 Å². The average Bonchev–Trinajstić information content (AvgIpc) is 3.36. The molecule has 1 N–H and O–H groups in total. The summed E-state index contributed by atoms with van der Waals surface area (Å²) in [6, 6.07) is 13.7. The molecule has 2 amide bonds. The normalized spacial score (nSPS) is 26.1. The highest BCUT2D eigenvalue weighted by molar-refractivity contribution is 6.02. The van der Waals surface area contributed by atoms with E-state index in [4.69, 9.17) is 4.42 Å². The van der Waals surface area contributed by atoms with Crippen LogP contribution in [0, 0.1) is 5.92 Å². The molecule has 162 valence electrons. The topological polar surface area (TPSA) is 67.5 Å². The Balaban J connectivity index is 1.50. The zero-order valence-electron chi connectivity index (χ0n) is 18.1. The number of nitrogens with one attached hydrogen (secondary N) is 1. The molecule has 6 nitrogen and oxygen atoms in total. The van der Waals surface area contributed by atoms with E-state index in [2.05, 4.69) is 12.2 Å². The van der Waals surface area contributed by atoms with Gasteiger partial charge < -0.3 is 19.2 Å². The number of benzene rings is 1. The highest BCUT2D eigenvalue weighted by Gasteiger charge is 2.48. The van der Waals surface area contributed by atoms with E-state index in [-0.39, 0.29) is 17.9 Å². The van der Waals surface area contributed by atoms with Gasteiger partial charge >= 0.3 is 0 Å². The van der Waals surface area contributed by atoms with Crippen molar-refractivity contribution in [3.05, 3.63) is 60.0 Å². The molecule has 1 saturated carbocycles. The van der Waals surface area contributed by atoms with Gasteiger partial charge in [0.1, 0.15) is 11.2 Å². The van der Waals surface area contributed by atoms with E-state index in [9.17, 15) is 9.59 Å². The quantitative estimate of drug-likeness (QED) is 0.684. The molecule has 1 unspecified atom stereocenters. The van der Waals surface area contributed by atoms with Gasteiger partial charge in [0.05, 0.1) is 18.3 Å². The second-order valence-corrected chi connectivity index (χ2v) is 9.37. The third-order valence-corrected chi connectivity index (χ3v) is 7.07. The first kappa shape index (κ1) is 19.9. The third kappa shape index (κ3) is 3.44. The summed E-state index contributed by atoms with van der Waals surface area (Å²) in [5, 5.41) is 3.28. The van der Waals surface area contributed by atoms with E-state index in [1.807, 2.05) is 47.9 Å². The van der Waals surface area contributed by atoms with Crippen LogP contribution in [0.2, 0.25) is 0 Å². The van der Waals surface area contributed by atoms with Gasteiger partial charge in [-0.05, 0) is 44.1 Å². The van der Waals surface area contributed by atoms with Crippen molar-refractivity contribution in [1.29, 1.82) is 0 Å². The SMILES string of the molecule is CC1CCC(NC(=O)C2(C)Cn3c(cc4occc43)C(=O)N2Cc2ccccc2)CC1. The summed E-state index contributed by atoms with van der Waals surface area (Å²) < 4.78 is 7.48.